The first-order chi connectivity index (χ1) is 7.63. The fraction of sp³-hybridized carbons (Fsp3) is 0.600. The van der Waals surface area contributed by atoms with Gasteiger partial charge in [-0.2, -0.15) is 0 Å². The Morgan fingerprint density at radius 2 is 2.50 bits per heavy atom. The van der Waals surface area contributed by atoms with Gasteiger partial charge in [-0.05, 0) is 19.9 Å². The summed E-state index contributed by atoms with van der Waals surface area (Å²) < 4.78 is 5.17. The van der Waals surface area contributed by atoms with E-state index in [-0.39, 0.29) is 11.9 Å². The number of carbonyl (C=O) groups is 1. The number of amides is 1. The molecule has 0 radical (unpaired) electrons. The van der Waals surface area contributed by atoms with Crippen LogP contribution in [-0.2, 0) is 4.79 Å². The predicted octanol–water partition coefficient (Wildman–Crippen LogP) is 0.929. The Hall–Kier alpha value is -1.01. The number of nitrogens with zero attached hydrogens (tertiary/aromatic N) is 1. The van der Waals surface area contributed by atoms with Gasteiger partial charge in [-0.3, -0.25) is 4.79 Å². The van der Waals surface area contributed by atoms with Gasteiger partial charge < -0.3 is 15.5 Å². The SMILES string of the molecule is CCCNC(CSc1nc(C)co1)C(N)=O. The zero-order valence-electron chi connectivity index (χ0n) is 9.53. The molecule has 1 heterocycles. The molecule has 0 aliphatic heterocycles. The summed E-state index contributed by atoms with van der Waals surface area (Å²) in [4.78, 5) is 15.3. The molecule has 0 aromatic carbocycles. The lowest BCUT2D eigenvalue weighted by Gasteiger charge is -2.12. The molecular formula is C10H17N3O2S. The Labute approximate surface area is 99.2 Å². The summed E-state index contributed by atoms with van der Waals surface area (Å²) in [6, 6.07) is -0.336. The van der Waals surface area contributed by atoms with Gasteiger partial charge >= 0.3 is 0 Å². The third-order valence-corrected chi connectivity index (χ3v) is 2.89. The van der Waals surface area contributed by atoms with Gasteiger partial charge in [0.1, 0.15) is 6.26 Å². The van der Waals surface area contributed by atoms with Crippen molar-refractivity contribution in [1.82, 2.24) is 10.3 Å². The fourth-order valence-corrected chi connectivity index (χ4v) is 2.03. The molecule has 5 nitrogen and oxygen atoms in total. The van der Waals surface area contributed by atoms with Crippen molar-refractivity contribution in [2.24, 2.45) is 5.73 Å². The third-order valence-electron chi connectivity index (χ3n) is 1.96. The monoisotopic (exact) mass is 243 g/mol. The molecule has 0 fully saturated rings. The highest BCUT2D eigenvalue weighted by atomic mass is 32.2. The Morgan fingerprint density at radius 1 is 1.75 bits per heavy atom. The summed E-state index contributed by atoms with van der Waals surface area (Å²) in [6.07, 6.45) is 2.55. The van der Waals surface area contributed by atoms with E-state index in [1.807, 2.05) is 13.8 Å². The van der Waals surface area contributed by atoms with Gasteiger partial charge in [0.15, 0.2) is 0 Å². The number of nitrogens with two attached hydrogens (primary N) is 1. The number of primary amides is 1. The van der Waals surface area contributed by atoms with Gasteiger partial charge in [-0.1, -0.05) is 18.7 Å². The zero-order chi connectivity index (χ0) is 12.0. The second-order valence-corrected chi connectivity index (χ2v) is 4.45. The van der Waals surface area contributed by atoms with Crippen molar-refractivity contribution in [2.75, 3.05) is 12.3 Å². The topological polar surface area (TPSA) is 81.2 Å². The summed E-state index contributed by atoms with van der Waals surface area (Å²) in [5.41, 5.74) is 6.11. The van der Waals surface area contributed by atoms with Crippen LogP contribution in [0.3, 0.4) is 0 Å². The van der Waals surface area contributed by atoms with Gasteiger partial charge in [-0.25, -0.2) is 4.98 Å². The normalized spacial score (nSPS) is 12.6. The lowest BCUT2D eigenvalue weighted by Crippen LogP contribution is -2.43. The number of hydrogen-bond donors (Lipinski definition) is 2. The largest absolute Gasteiger partial charge is 0.440 e. The minimum atomic E-state index is -0.343. The fourth-order valence-electron chi connectivity index (χ4n) is 1.11. The lowest BCUT2D eigenvalue weighted by molar-refractivity contribution is -0.119. The van der Waals surface area contributed by atoms with Crippen molar-refractivity contribution in [3.63, 3.8) is 0 Å². The van der Waals surface area contributed by atoms with E-state index < -0.39 is 0 Å². The summed E-state index contributed by atoms with van der Waals surface area (Å²) in [6.45, 7) is 4.67. The van der Waals surface area contributed by atoms with E-state index in [9.17, 15) is 4.79 Å². The van der Waals surface area contributed by atoms with E-state index in [0.717, 1.165) is 18.7 Å². The molecule has 1 unspecified atom stereocenters. The molecule has 1 rings (SSSR count). The summed E-state index contributed by atoms with van der Waals surface area (Å²) in [7, 11) is 0. The van der Waals surface area contributed by atoms with Gasteiger partial charge in [-0.15, -0.1) is 0 Å². The van der Waals surface area contributed by atoms with Crippen molar-refractivity contribution in [2.45, 2.75) is 31.5 Å². The van der Waals surface area contributed by atoms with Crippen LogP contribution < -0.4 is 11.1 Å². The molecule has 0 saturated heterocycles. The average Bonchev–Trinajstić information content (AvgIpc) is 2.64. The zero-order valence-corrected chi connectivity index (χ0v) is 10.3. The molecule has 90 valence electrons. The lowest BCUT2D eigenvalue weighted by atomic mass is 10.3. The molecule has 16 heavy (non-hydrogen) atoms. The van der Waals surface area contributed by atoms with Crippen molar-refractivity contribution in [1.29, 1.82) is 0 Å². The molecule has 0 saturated carbocycles. The minimum absolute atomic E-state index is 0.336. The Bertz CT molecular complexity index is 341. The van der Waals surface area contributed by atoms with E-state index in [2.05, 4.69) is 10.3 Å². The van der Waals surface area contributed by atoms with Crippen LogP contribution in [0.2, 0.25) is 0 Å². The van der Waals surface area contributed by atoms with Crippen LogP contribution in [0.1, 0.15) is 19.0 Å². The maximum atomic E-state index is 11.1. The molecule has 1 amide bonds. The third kappa shape index (κ3) is 4.24. The number of oxazole rings is 1. The number of hydrogen-bond acceptors (Lipinski definition) is 5. The average molecular weight is 243 g/mol. The van der Waals surface area contributed by atoms with Crippen LogP contribution in [0.15, 0.2) is 15.9 Å². The molecular weight excluding hydrogens is 226 g/mol. The molecule has 6 heteroatoms. The van der Waals surface area contributed by atoms with Crippen LogP contribution in [-0.4, -0.2) is 29.2 Å². The van der Waals surface area contributed by atoms with Gasteiger partial charge in [0.2, 0.25) is 5.91 Å². The van der Waals surface area contributed by atoms with Crippen molar-refractivity contribution in [3.8, 4) is 0 Å². The quantitative estimate of drug-likeness (QED) is 0.696. The Balaban J connectivity index is 2.40. The second-order valence-electron chi connectivity index (χ2n) is 3.47. The van der Waals surface area contributed by atoms with E-state index >= 15 is 0 Å². The second kappa shape index (κ2) is 6.55. The minimum Gasteiger partial charge on any atom is -0.440 e. The Morgan fingerprint density at radius 3 is 3.00 bits per heavy atom. The van der Waals surface area contributed by atoms with Gasteiger partial charge in [0.25, 0.3) is 5.22 Å². The molecule has 1 aromatic rings. The van der Waals surface area contributed by atoms with Crippen LogP contribution in [0.4, 0.5) is 0 Å². The van der Waals surface area contributed by atoms with Crippen molar-refractivity contribution < 1.29 is 9.21 Å². The molecule has 1 aromatic heterocycles. The van der Waals surface area contributed by atoms with Crippen molar-refractivity contribution in [3.05, 3.63) is 12.0 Å². The molecule has 1 atom stereocenters. The van der Waals surface area contributed by atoms with E-state index in [0.29, 0.717) is 11.0 Å². The van der Waals surface area contributed by atoms with E-state index in [1.165, 1.54) is 11.8 Å². The maximum absolute atomic E-state index is 11.1. The number of rotatable bonds is 7. The molecule has 0 aliphatic carbocycles. The number of carbonyl (C=O) groups excluding carboxylic acids is 1. The van der Waals surface area contributed by atoms with E-state index in [4.69, 9.17) is 10.2 Å². The maximum Gasteiger partial charge on any atom is 0.255 e. The Kier molecular flexibility index (Phi) is 5.34. The highest BCUT2D eigenvalue weighted by Crippen LogP contribution is 2.17. The number of aromatic nitrogens is 1. The van der Waals surface area contributed by atoms with Crippen molar-refractivity contribution >= 4 is 17.7 Å². The van der Waals surface area contributed by atoms with Gasteiger partial charge in [0, 0.05) is 5.75 Å². The molecule has 0 spiro atoms. The standard InChI is InChI=1S/C10H17N3O2S/c1-3-4-12-8(9(11)14)6-16-10-13-7(2)5-15-10/h5,8,12H,3-4,6H2,1-2H3,(H2,11,14). The van der Waals surface area contributed by atoms with Crippen LogP contribution in [0.25, 0.3) is 0 Å². The summed E-state index contributed by atoms with van der Waals surface area (Å²) in [5.74, 6) is 0.194. The first-order valence-electron chi connectivity index (χ1n) is 5.21. The van der Waals surface area contributed by atoms with Crippen LogP contribution in [0.5, 0.6) is 0 Å². The smallest absolute Gasteiger partial charge is 0.255 e. The number of aryl methyl sites for hydroxylation is 1. The summed E-state index contributed by atoms with van der Waals surface area (Å²) in [5, 5.41) is 3.65. The molecule has 3 N–H and O–H groups in total. The highest BCUT2D eigenvalue weighted by molar-refractivity contribution is 7.99. The molecule has 0 bridgehead atoms. The highest BCUT2D eigenvalue weighted by Gasteiger charge is 2.15. The first kappa shape index (κ1) is 13.1. The number of nitrogens with one attached hydrogen (secondary N) is 1. The first-order valence-corrected chi connectivity index (χ1v) is 6.19. The van der Waals surface area contributed by atoms with Crippen LogP contribution in [0, 0.1) is 6.92 Å². The van der Waals surface area contributed by atoms with Gasteiger partial charge in [0.05, 0.1) is 11.7 Å². The molecule has 0 aliphatic rings. The summed E-state index contributed by atoms with van der Waals surface area (Å²) >= 11 is 1.39. The van der Waals surface area contributed by atoms with E-state index in [1.54, 1.807) is 6.26 Å². The number of thioether (sulfide) groups is 1. The predicted molar refractivity (Wildman–Crippen MR) is 63.2 cm³/mol. The van der Waals surface area contributed by atoms with Crippen LogP contribution >= 0.6 is 11.8 Å².